The Kier molecular flexibility index (Phi) is 5.31. The second-order valence-corrected chi connectivity index (χ2v) is 4.62. The Morgan fingerprint density at radius 1 is 1.20 bits per heavy atom. The minimum atomic E-state index is -0.571. The Morgan fingerprint density at radius 2 is 1.85 bits per heavy atom. The molecule has 2 aliphatic heterocycles. The summed E-state index contributed by atoms with van der Waals surface area (Å²) in [5, 5.41) is 0. The Bertz CT molecular complexity index is 343. The first-order valence-corrected chi connectivity index (χ1v) is 6.56. The third-order valence-corrected chi connectivity index (χ3v) is 3.13. The highest BCUT2D eigenvalue weighted by Crippen LogP contribution is 2.33. The third kappa shape index (κ3) is 3.27. The number of rotatable bonds is 7. The van der Waals surface area contributed by atoms with Crippen LogP contribution in [-0.4, -0.2) is 56.5 Å². The SMILES string of the molecule is C=CCOC1C(OC(C)=O)[C@@H](OCC=C)C2OC[C@H]1O2. The van der Waals surface area contributed by atoms with Crippen LogP contribution in [0.3, 0.4) is 0 Å². The van der Waals surface area contributed by atoms with E-state index in [4.69, 9.17) is 23.7 Å². The fourth-order valence-electron chi connectivity index (χ4n) is 2.40. The molecule has 2 fully saturated rings. The van der Waals surface area contributed by atoms with Crippen molar-refractivity contribution in [2.45, 2.75) is 37.6 Å². The van der Waals surface area contributed by atoms with Gasteiger partial charge >= 0.3 is 5.97 Å². The molecular formula is C14H20O6. The number of ether oxygens (including phenoxy) is 5. The van der Waals surface area contributed by atoms with E-state index >= 15 is 0 Å². The molecule has 2 aliphatic rings. The Labute approximate surface area is 118 Å². The average Bonchev–Trinajstić information content (AvgIpc) is 2.83. The fraction of sp³-hybridized carbons (Fsp3) is 0.643. The average molecular weight is 284 g/mol. The molecule has 0 aromatic heterocycles. The molecule has 0 aromatic rings. The van der Waals surface area contributed by atoms with Crippen molar-refractivity contribution in [3.63, 3.8) is 0 Å². The van der Waals surface area contributed by atoms with E-state index in [1.807, 2.05) is 0 Å². The van der Waals surface area contributed by atoms with E-state index in [9.17, 15) is 4.79 Å². The molecule has 0 aromatic carbocycles. The number of hydrogen-bond donors (Lipinski definition) is 0. The Hall–Kier alpha value is -1.21. The number of carbonyl (C=O) groups excluding carboxylic acids is 1. The van der Waals surface area contributed by atoms with E-state index in [1.165, 1.54) is 6.92 Å². The van der Waals surface area contributed by atoms with Crippen molar-refractivity contribution in [3.8, 4) is 0 Å². The van der Waals surface area contributed by atoms with Crippen molar-refractivity contribution in [1.82, 2.24) is 0 Å². The molecule has 2 bridgehead atoms. The molecule has 2 saturated heterocycles. The summed E-state index contributed by atoms with van der Waals surface area (Å²) in [7, 11) is 0. The van der Waals surface area contributed by atoms with Gasteiger partial charge in [0.1, 0.15) is 18.3 Å². The Balaban J connectivity index is 2.15. The monoisotopic (exact) mass is 284 g/mol. The first kappa shape index (κ1) is 15.2. The zero-order valence-corrected chi connectivity index (χ0v) is 11.5. The van der Waals surface area contributed by atoms with Crippen LogP contribution >= 0.6 is 0 Å². The van der Waals surface area contributed by atoms with E-state index in [2.05, 4.69) is 13.2 Å². The second kappa shape index (κ2) is 6.99. The topological polar surface area (TPSA) is 63.2 Å². The standard InChI is InChI=1S/C14H20O6/c1-4-6-16-11-10-8-18-14(20-10)13(17-7-5-2)12(11)19-9(3)15/h4-5,10-14H,1-2,6-8H2,3H3/t10-,11?,12?,13-,14?/m1/s1. The third-order valence-electron chi connectivity index (χ3n) is 3.13. The minimum absolute atomic E-state index is 0.270. The first-order chi connectivity index (χ1) is 9.67. The highest BCUT2D eigenvalue weighted by molar-refractivity contribution is 5.66. The molecule has 2 heterocycles. The summed E-state index contributed by atoms with van der Waals surface area (Å²) in [6.07, 6.45) is 0.882. The number of hydrogen-bond acceptors (Lipinski definition) is 6. The predicted molar refractivity (Wildman–Crippen MR) is 70.0 cm³/mol. The van der Waals surface area contributed by atoms with Crippen LogP contribution in [0.4, 0.5) is 0 Å². The van der Waals surface area contributed by atoms with Crippen LogP contribution in [0.25, 0.3) is 0 Å². The summed E-state index contributed by atoms with van der Waals surface area (Å²) >= 11 is 0. The lowest BCUT2D eigenvalue weighted by atomic mass is 10.00. The number of carbonyl (C=O) groups is 1. The van der Waals surface area contributed by atoms with Gasteiger partial charge in [-0.25, -0.2) is 0 Å². The van der Waals surface area contributed by atoms with Crippen LogP contribution in [0.15, 0.2) is 25.3 Å². The summed E-state index contributed by atoms with van der Waals surface area (Å²) in [6.45, 7) is 9.60. The molecule has 0 amide bonds. The maximum Gasteiger partial charge on any atom is 0.303 e. The molecule has 3 unspecified atom stereocenters. The zero-order chi connectivity index (χ0) is 14.5. The van der Waals surface area contributed by atoms with Gasteiger partial charge in [-0.1, -0.05) is 12.2 Å². The van der Waals surface area contributed by atoms with E-state index in [-0.39, 0.29) is 6.10 Å². The van der Waals surface area contributed by atoms with Crippen LogP contribution in [0, 0.1) is 0 Å². The highest BCUT2D eigenvalue weighted by atomic mass is 16.8. The number of esters is 1. The van der Waals surface area contributed by atoms with Gasteiger partial charge in [-0.05, 0) is 0 Å². The van der Waals surface area contributed by atoms with Gasteiger partial charge in [0, 0.05) is 6.92 Å². The van der Waals surface area contributed by atoms with Gasteiger partial charge in [-0.2, -0.15) is 0 Å². The van der Waals surface area contributed by atoms with Gasteiger partial charge in [-0.15, -0.1) is 13.2 Å². The lowest BCUT2D eigenvalue weighted by molar-refractivity contribution is -0.253. The summed E-state index contributed by atoms with van der Waals surface area (Å²) in [4.78, 5) is 11.3. The van der Waals surface area contributed by atoms with E-state index in [1.54, 1.807) is 12.2 Å². The van der Waals surface area contributed by atoms with Crippen molar-refractivity contribution >= 4 is 5.97 Å². The van der Waals surface area contributed by atoms with Crippen LogP contribution in [-0.2, 0) is 28.5 Å². The molecule has 0 N–H and O–H groups in total. The molecule has 2 rings (SSSR count). The summed E-state index contributed by atoms with van der Waals surface area (Å²) in [5.74, 6) is -0.393. The van der Waals surface area contributed by atoms with Crippen LogP contribution < -0.4 is 0 Å². The smallest absolute Gasteiger partial charge is 0.303 e. The van der Waals surface area contributed by atoms with Crippen LogP contribution in [0.1, 0.15) is 6.92 Å². The largest absolute Gasteiger partial charge is 0.457 e. The van der Waals surface area contributed by atoms with Crippen LogP contribution in [0.5, 0.6) is 0 Å². The number of fused-ring (bicyclic) bond motifs is 2. The fourth-order valence-corrected chi connectivity index (χ4v) is 2.40. The van der Waals surface area contributed by atoms with Crippen LogP contribution in [0.2, 0.25) is 0 Å². The summed E-state index contributed by atoms with van der Waals surface area (Å²) < 4.78 is 27.9. The van der Waals surface area contributed by atoms with Crippen molar-refractivity contribution in [2.24, 2.45) is 0 Å². The second-order valence-electron chi connectivity index (χ2n) is 4.62. The molecule has 112 valence electrons. The van der Waals surface area contributed by atoms with Crippen molar-refractivity contribution in [2.75, 3.05) is 19.8 Å². The van der Waals surface area contributed by atoms with Crippen molar-refractivity contribution in [3.05, 3.63) is 25.3 Å². The molecule has 0 saturated carbocycles. The lowest BCUT2D eigenvalue weighted by Crippen LogP contribution is -2.57. The van der Waals surface area contributed by atoms with Gasteiger partial charge in [0.15, 0.2) is 12.4 Å². The molecular weight excluding hydrogens is 264 g/mol. The van der Waals surface area contributed by atoms with E-state index in [0.717, 1.165) is 0 Å². The maximum atomic E-state index is 11.3. The summed E-state index contributed by atoms with van der Waals surface area (Å²) in [5.41, 5.74) is 0. The zero-order valence-electron chi connectivity index (χ0n) is 11.5. The molecule has 6 nitrogen and oxygen atoms in total. The molecule has 0 aliphatic carbocycles. The molecule has 20 heavy (non-hydrogen) atoms. The predicted octanol–water partition coefficient (Wildman–Crippen LogP) is 0.816. The van der Waals surface area contributed by atoms with Gasteiger partial charge in [0.05, 0.1) is 19.8 Å². The van der Waals surface area contributed by atoms with Gasteiger partial charge < -0.3 is 23.7 Å². The van der Waals surface area contributed by atoms with E-state index < -0.39 is 30.6 Å². The minimum Gasteiger partial charge on any atom is -0.457 e. The maximum absolute atomic E-state index is 11.3. The van der Waals surface area contributed by atoms with Gasteiger partial charge in [0.2, 0.25) is 0 Å². The van der Waals surface area contributed by atoms with Crippen molar-refractivity contribution < 1.29 is 28.5 Å². The molecule has 5 atom stereocenters. The van der Waals surface area contributed by atoms with E-state index in [0.29, 0.717) is 19.8 Å². The van der Waals surface area contributed by atoms with Gasteiger partial charge in [0.25, 0.3) is 0 Å². The van der Waals surface area contributed by atoms with Gasteiger partial charge in [-0.3, -0.25) is 4.79 Å². The van der Waals surface area contributed by atoms with Crippen molar-refractivity contribution in [1.29, 1.82) is 0 Å². The highest BCUT2D eigenvalue weighted by Gasteiger charge is 2.53. The Morgan fingerprint density at radius 3 is 2.45 bits per heavy atom. The first-order valence-electron chi connectivity index (χ1n) is 6.56. The lowest BCUT2D eigenvalue weighted by Gasteiger charge is -2.39. The quantitative estimate of drug-likeness (QED) is 0.509. The molecule has 0 spiro atoms. The normalized spacial score (nSPS) is 35.5. The molecule has 0 radical (unpaired) electrons. The summed E-state index contributed by atoms with van der Waals surface area (Å²) in [6, 6.07) is 0. The molecule has 6 heteroatoms.